The van der Waals surface area contributed by atoms with Crippen molar-refractivity contribution in [2.75, 3.05) is 7.05 Å². The summed E-state index contributed by atoms with van der Waals surface area (Å²) in [4.78, 5) is 4.37. The van der Waals surface area contributed by atoms with Gasteiger partial charge in [0.25, 0.3) is 0 Å². The van der Waals surface area contributed by atoms with Crippen LogP contribution in [-0.2, 0) is 0 Å². The van der Waals surface area contributed by atoms with Crippen molar-refractivity contribution >= 4 is 10.8 Å². The van der Waals surface area contributed by atoms with Gasteiger partial charge in [0.15, 0.2) is 0 Å². The zero-order valence-electron chi connectivity index (χ0n) is 11.2. The second-order valence-corrected chi connectivity index (χ2v) is 4.61. The number of aromatic nitrogens is 2. The molecule has 0 spiro atoms. The first-order valence-corrected chi connectivity index (χ1v) is 6.39. The molecule has 0 aliphatic rings. The average Bonchev–Trinajstić information content (AvgIpc) is 2.97. The molecule has 102 valence electrons. The lowest BCUT2D eigenvalue weighted by atomic mass is 10.0. The monoisotopic (exact) mass is 271 g/mol. The Balaban J connectivity index is 2.15. The maximum Gasteiger partial charge on any atom is 0.243 e. The van der Waals surface area contributed by atoms with Crippen LogP contribution in [0.15, 0.2) is 40.9 Å². The van der Waals surface area contributed by atoms with E-state index >= 15 is 0 Å². The lowest BCUT2D eigenvalue weighted by Gasteiger charge is -2.04. The fraction of sp³-hybridized carbons (Fsp3) is 0.200. The van der Waals surface area contributed by atoms with Crippen molar-refractivity contribution in [2.45, 2.75) is 13.0 Å². The third-order valence-corrected chi connectivity index (χ3v) is 3.36. The summed E-state index contributed by atoms with van der Waals surface area (Å²) < 4.78 is 19.0. The molecule has 0 saturated carbocycles. The molecule has 1 unspecified atom stereocenters. The summed E-state index contributed by atoms with van der Waals surface area (Å²) >= 11 is 0. The van der Waals surface area contributed by atoms with Crippen molar-refractivity contribution in [3.63, 3.8) is 0 Å². The minimum Gasteiger partial charge on any atom is -0.337 e. The number of halogens is 1. The Labute approximate surface area is 115 Å². The third-order valence-electron chi connectivity index (χ3n) is 3.36. The molecule has 1 N–H and O–H groups in total. The molecule has 3 aromatic rings. The highest BCUT2D eigenvalue weighted by molar-refractivity contribution is 5.95. The maximum atomic E-state index is 13.8. The summed E-state index contributed by atoms with van der Waals surface area (Å²) in [6.07, 6.45) is 0. The summed E-state index contributed by atoms with van der Waals surface area (Å²) in [5.74, 6) is 0.728. The Bertz CT molecular complexity index is 754. The Hall–Kier alpha value is -2.27. The molecule has 20 heavy (non-hydrogen) atoms. The van der Waals surface area contributed by atoms with E-state index in [1.54, 1.807) is 18.2 Å². The quantitative estimate of drug-likeness (QED) is 0.794. The lowest BCUT2D eigenvalue weighted by molar-refractivity contribution is 0.347. The normalized spacial score (nSPS) is 12.8. The molecule has 0 bridgehead atoms. The van der Waals surface area contributed by atoms with Gasteiger partial charge in [0.05, 0.1) is 6.04 Å². The van der Waals surface area contributed by atoms with Gasteiger partial charge in [-0.25, -0.2) is 4.39 Å². The largest absolute Gasteiger partial charge is 0.337 e. The average molecular weight is 271 g/mol. The van der Waals surface area contributed by atoms with Crippen LogP contribution in [0.4, 0.5) is 4.39 Å². The minimum atomic E-state index is -0.253. The van der Waals surface area contributed by atoms with Crippen molar-refractivity contribution in [1.82, 2.24) is 15.5 Å². The zero-order chi connectivity index (χ0) is 14.1. The number of benzene rings is 2. The smallest absolute Gasteiger partial charge is 0.243 e. The Morgan fingerprint density at radius 3 is 2.65 bits per heavy atom. The highest BCUT2D eigenvalue weighted by atomic mass is 19.1. The number of hydrogen-bond donors (Lipinski definition) is 1. The van der Waals surface area contributed by atoms with Crippen molar-refractivity contribution in [3.05, 3.63) is 48.1 Å². The van der Waals surface area contributed by atoms with E-state index in [9.17, 15) is 4.39 Å². The van der Waals surface area contributed by atoms with Gasteiger partial charge in [-0.2, -0.15) is 4.98 Å². The van der Waals surface area contributed by atoms with E-state index in [4.69, 9.17) is 4.52 Å². The van der Waals surface area contributed by atoms with Crippen LogP contribution in [0, 0.1) is 5.82 Å². The standard InChI is InChI=1S/C15H14FN3O/c1-9(17-2)15-18-14(19-20-15)12-7-8-13(16)11-6-4-3-5-10(11)12/h3-9,17H,1-2H3. The van der Waals surface area contributed by atoms with Gasteiger partial charge in [0.2, 0.25) is 11.7 Å². The van der Waals surface area contributed by atoms with E-state index in [1.807, 2.05) is 26.1 Å². The first-order valence-electron chi connectivity index (χ1n) is 6.39. The van der Waals surface area contributed by atoms with Crippen molar-refractivity contribution in [1.29, 1.82) is 0 Å². The minimum absolute atomic E-state index is 0.0250. The van der Waals surface area contributed by atoms with E-state index in [0.29, 0.717) is 17.1 Å². The van der Waals surface area contributed by atoms with Crippen LogP contribution in [0.1, 0.15) is 18.9 Å². The topological polar surface area (TPSA) is 51.0 Å². The Kier molecular flexibility index (Phi) is 3.20. The molecule has 0 aliphatic carbocycles. The third kappa shape index (κ3) is 2.06. The summed E-state index contributed by atoms with van der Waals surface area (Å²) in [6.45, 7) is 1.93. The van der Waals surface area contributed by atoms with E-state index in [0.717, 1.165) is 10.9 Å². The fourth-order valence-corrected chi connectivity index (χ4v) is 2.10. The molecule has 0 amide bonds. The second kappa shape index (κ2) is 5.02. The second-order valence-electron chi connectivity index (χ2n) is 4.61. The van der Waals surface area contributed by atoms with Crippen molar-refractivity contribution in [2.24, 2.45) is 0 Å². The predicted molar refractivity (Wildman–Crippen MR) is 74.7 cm³/mol. The van der Waals surface area contributed by atoms with Crippen LogP contribution in [0.3, 0.4) is 0 Å². The van der Waals surface area contributed by atoms with E-state index in [1.165, 1.54) is 6.07 Å². The van der Waals surface area contributed by atoms with E-state index in [2.05, 4.69) is 15.5 Å². The molecule has 0 aliphatic heterocycles. The van der Waals surface area contributed by atoms with Crippen LogP contribution in [0.2, 0.25) is 0 Å². The van der Waals surface area contributed by atoms with Gasteiger partial charge < -0.3 is 9.84 Å². The molecule has 0 saturated heterocycles. The Morgan fingerprint density at radius 1 is 1.15 bits per heavy atom. The molecule has 0 radical (unpaired) electrons. The molecular weight excluding hydrogens is 257 g/mol. The Morgan fingerprint density at radius 2 is 1.90 bits per heavy atom. The molecule has 3 rings (SSSR count). The molecule has 5 heteroatoms. The van der Waals surface area contributed by atoms with Crippen LogP contribution >= 0.6 is 0 Å². The number of hydrogen-bond acceptors (Lipinski definition) is 4. The fourth-order valence-electron chi connectivity index (χ4n) is 2.10. The highest BCUT2D eigenvalue weighted by Crippen LogP contribution is 2.29. The lowest BCUT2D eigenvalue weighted by Crippen LogP contribution is -2.12. The molecule has 1 aromatic heterocycles. The molecule has 1 heterocycles. The molecule has 0 fully saturated rings. The summed E-state index contributed by atoms with van der Waals surface area (Å²) in [5, 5.41) is 8.35. The SMILES string of the molecule is CNC(C)c1nc(-c2ccc(F)c3ccccc23)no1. The van der Waals surface area contributed by atoms with Crippen LogP contribution in [-0.4, -0.2) is 17.2 Å². The van der Waals surface area contributed by atoms with Gasteiger partial charge in [-0.3, -0.25) is 0 Å². The molecular formula is C15H14FN3O. The molecule has 1 atom stereocenters. The van der Waals surface area contributed by atoms with Gasteiger partial charge in [-0.05, 0) is 31.5 Å². The van der Waals surface area contributed by atoms with E-state index < -0.39 is 0 Å². The number of fused-ring (bicyclic) bond motifs is 1. The number of nitrogens with zero attached hydrogens (tertiary/aromatic N) is 2. The van der Waals surface area contributed by atoms with Gasteiger partial charge in [-0.1, -0.05) is 29.4 Å². The first kappa shape index (κ1) is 12.7. The van der Waals surface area contributed by atoms with Gasteiger partial charge in [0, 0.05) is 10.9 Å². The van der Waals surface area contributed by atoms with E-state index in [-0.39, 0.29) is 11.9 Å². The number of rotatable bonds is 3. The zero-order valence-corrected chi connectivity index (χ0v) is 11.2. The summed E-state index contributed by atoms with van der Waals surface area (Å²) in [7, 11) is 1.82. The van der Waals surface area contributed by atoms with Crippen LogP contribution < -0.4 is 5.32 Å². The first-order chi connectivity index (χ1) is 9.70. The van der Waals surface area contributed by atoms with Crippen LogP contribution in [0.5, 0.6) is 0 Å². The van der Waals surface area contributed by atoms with Crippen molar-refractivity contribution in [3.8, 4) is 11.4 Å². The van der Waals surface area contributed by atoms with Crippen molar-refractivity contribution < 1.29 is 8.91 Å². The highest BCUT2D eigenvalue weighted by Gasteiger charge is 2.16. The molecule has 2 aromatic carbocycles. The summed E-state index contributed by atoms with van der Waals surface area (Å²) in [5.41, 5.74) is 0.764. The maximum absolute atomic E-state index is 13.8. The van der Waals surface area contributed by atoms with Gasteiger partial charge in [-0.15, -0.1) is 0 Å². The summed E-state index contributed by atoms with van der Waals surface area (Å²) in [6, 6.07) is 10.3. The van der Waals surface area contributed by atoms with Gasteiger partial charge in [0.1, 0.15) is 5.82 Å². The predicted octanol–water partition coefficient (Wildman–Crippen LogP) is 3.31. The van der Waals surface area contributed by atoms with Gasteiger partial charge >= 0.3 is 0 Å². The number of nitrogens with one attached hydrogen (secondary N) is 1. The van der Waals surface area contributed by atoms with Crippen LogP contribution in [0.25, 0.3) is 22.2 Å². The molecule has 4 nitrogen and oxygen atoms in total.